The molecule has 2 rings (SSSR count). The van der Waals surface area contributed by atoms with Gasteiger partial charge in [-0.15, -0.1) is 0 Å². The highest BCUT2D eigenvalue weighted by Gasteiger charge is 2.08. The zero-order valence-corrected chi connectivity index (χ0v) is 9.88. The van der Waals surface area contributed by atoms with Crippen LogP contribution in [0.5, 0.6) is 0 Å². The minimum absolute atomic E-state index is 0.298. The molecular formula is C15H12O3. The van der Waals surface area contributed by atoms with Crippen molar-refractivity contribution in [3.05, 3.63) is 59.7 Å². The number of benzene rings is 2. The lowest BCUT2D eigenvalue weighted by Gasteiger charge is -2.06. The third-order valence-corrected chi connectivity index (χ3v) is 2.78. The number of allylic oxidation sites excluding steroid dienone is 1. The molecule has 0 saturated carbocycles. The Morgan fingerprint density at radius 1 is 1.00 bits per heavy atom. The van der Waals surface area contributed by atoms with Crippen molar-refractivity contribution in [3.8, 4) is 0 Å². The van der Waals surface area contributed by atoms with E-state index in [1.165, 1.54) is 0 Å². The Morgan fingerprint density at radius 2 is 1.67 bits per heavy atom. The fourth-order valence-electron chi connectivity index (χ4n) is 1.90. The number of fused-ring (bicyclic) bond motifs is 1. The SMILES string of the molecule is Cc1ccc(C(=O)/C=C/C(=O)O)c2ccccc12. The molecule has 90 valence electrons. The van der Waals surface area contributed by atoms with Gasteiger partial charge in [0.15, 0.2) is 5.78 Å². The molecule has 3 heteroatoms. The molecule has 1 N–H and O–H groups in total. The molecule has 0 radical (unpaired) electrons. The van der Waals surface area contributed by atoms with E-state index in [2.05, 4.69) is 0 Å². The van der Waals surface area contributed by atoms with Crippen LogP contribution < -0.4 is 0 Å². The van der Waals surface area contributed by atoms with E-state index in [1.807, 2.05) is 37.3 Å². The Hall–Kier alpha value is -2.42. The van der Waals surface area contributed by atoms with E-state index in [1.54, 1.807) is 6.07 Å². The van der Waals surface area contributed by atoms with Crippen molar-refractivity contribution >= 4 is 22.5 Å². The van der Waals surface area contributed by atoms with Crippen molar-refractivity contribution in [2.24, 2.45) is 0 Å². The summed E-state index contributed by atoms with van der Waals surface area (Å²) in [5, 5.41) is 10.4. The van der Waals surface area contributed by atoms with Crippen molar-refractivity contribution in [2.45, 2.75) is 6.92 Å². The number of aliphatic carboxylic acids is 1. The predicted octanol–water partition coefficient (Wildman–Crippen LogP) is 2.97. The smallest absolute Gasteiger partial charge is 0.328 e. The number of carbonyl (C=O) groups excluding carboxylic acids is 1. The molecule has 0 aliphatic rings. The van der Waals surface area contributed by atoms with Gasteiger partial charge in [-0.05, 0) is 29.3 Å². The first-order valence-corrected chi connectivity index (χ1v) is 5.53. The highest BCUT2D eigenvalue weighted by Crippen LogP contribution is 2.22. The summed E-state index contributed by atoms with van der Waals surface area (Å²) in [7, 11) is 0. The second kappa shape index (κ2) is 4.84. The molecule has 0 fully saturated rings. The molecule has 0 aliphatic heterocycles. The van der Waals surface area contributed by atoms with Crippen LogP contribution in [0.4, 0.5) is 0 Å². The van der Waals surface area contributed by atoms with Crippen molar-refractivity contribution in [1.29, 1.82) is 0 Å². The summed E-state index contributed by atoms with van der Waals surface area (Å²) >= 11 is 0. The Kier molecular flexibility index (Phi) is 3.24. The summed E-state index contributed by atoms with van der Waals surface area (Å²) in [4.78, 5) is 22.3. The minimum Gasteiger partial charge on any atom is -0.478 e. The van der Waals surface area contributed by atoms with Crippen LogP contribution in [-0.2, 0) is 4.79 Å². The van der Waals surface area contributed by atoms with E-state index in [0.717, 1.165) is 28.5 Å². The molecule has 2 aromatic carbocycles. The number of aryl methyl sites for hydroxylation is 1. The summed E-state index contributed by atoms with van der Waals surface area (Å²) in [6.45, 7) is 1.98. The summed E-state index contributed by atoms with van der Waals surface area (Å²) < 4.78 is 0. The van der Waals surface area contributed by atoms with Gasteiger partial charge in [-0.25, -0.2) is 4.79 Å². The molecule has 0 aromatic heterocycles. The zero-order valence-electron chi connectivity index (χ0n) is 9.88. The Bertz CT molecular complexity index is 654. The Balaban J connectivity index is 2.55. The van der Waals surface area contributed by atoms with Gasteiger partial charge >= 0.3 is 5.97 Å². The maximum Gasteiger partial charge on any atom is 0.328 e. The van der Waals surface area contributed by atoms with Gasteiger partial charge in [-0.1, -0.05) is 36.4 Å². The van der Waals surface area contributed by atoms with E-state index in [9.17, 15) is 9.59 Å². The highest BCUT2D eigenvalue weighted by atomic mass is 16.4. The fourth-order valence-corrected chi connectivity index (χ4v) is 1.90. The van der Waals surface area contributed by atoms with E-state index >= 15 is 0 Å². The molecule has 0 amide bonds. The topological polar surface area (TPSA) is 54.4 Å². The van der Waals surface area contributed by atoms with Crippen LogP contribution in [0.25, 0.3) is 10.8 Å². The second-order valence-electron chi connectivity index (χ2n) is 4.01. The van der Waals surface area contributed by atoms with Gasteiger partial charge in [0.25, 0.3) is 0 Å². The third kappa shape index (κ3) is 2.30. The van der Waals surface area contributed by atoms with E-state index in [0.29, 0.717) is 5.56 Å². The molecule has 0 atom stereocenters. The quantitative estimate of drug-likeness (QED) is 0.662. The molecule has 0 unspecified atom stereocenters. The maximum atomic E-state index is 11.9. The van der Waals surface area contributed by atoms with Gasteiger partial charge < -0.3 is 5.11 Å². The lowest BCUT2D eigenvalue weighted by atomic mass is 9.98. The largest absolute Gasteiger partial charge is 0.478 e. The standard InChI is InChI=1S/C15H12O3/c1-10-6-7-13(14(16)8-9-15(17)18)12-5-3-2-4-11(10)12/h2-9H,1H3,(H,17,18)/b9-8+. The number of carboxylic acids is 1. The molecule has 0 bridgehead atoms. The van der Waals surface area contributed by atoms with Gasteiger partial charge in [-0.3, -0.25) is 4.79 Å². The molecular weight excluding hydrogens is 228 g/mol. The van der Waals surface area contributed by atoms with Crippen molar-refractivity contribution < 1.29 is 14.7 Å². The van der Waals surface area contributed by atoms with Gasteiger partial charge in [-0.2, -0.15) is 0 Å². The van der Waals surface area contributed by atoms with Crippen LogP contribution in [0.1, 0.15) is 15.9 Å². The number of carboxylic acid groups (broad SMARTS) is 1. The first kappa shape index (κ1) is 12.0. The summed E-state index contributed by atoms with van der Waals surface area (Å²) in [5.41, 5.74) is 1.61. The molecule has 0 aliphatic carbocycles. The third-order valence-electron chi connectivity index (χ3n) is 2.78. The average Bonchev–Trinajstić information content (AvgIpc) is 2.37. The molecule has 2 aromatic rings. The first-order chi connectivity index (χ1) is 8.59. The van der Waals surface area contributed by atoms with Crippen molar-refractivity contribution in [3.63, 3.8) is 0 Å². The summed E-state index contributed by atoms with van der Waals surface area (Å²) in [5.74, 6) is -1.42. The van der Waals surface area contributed by atoms with Crippen molar-refractivity contribution in [2.75, 3.05) is 0 Å². The predicted molar refractivity (Wildman–Crippen MR) is 69.8 cm³/mol. The Morgan fingerprint density at radius 3 is 2.33 bits per heavy atom. The summed E-state index contributed by atoms with van der Waals surface area (Å²) in [6.07, 6.45) is 1.94. The number of hydrogen-bond donors (Lipinski definition) is 1. The van der Waals surface area contributed by atoms with Gasteiger partial charge in [0.2, 0.25) is 0 Å². The van der Waals surface area contributed by atoms with Crippen LogP contribution in [0.3, 0.4) is 0 Å². The Labute approximate surface area is 104 Å². The van der Waals surface area contributed by atoms with Gasteiger partial charge in [0.1, 0.15) is 0 Å². The molecule has 0 heterocycles. The molecule has 18 heavy (non-hydrogen) atoms. The number of ketones is 1. The fraction of sp³-hybridized carbons (Fsp3) is 0.0667. The van der Waals surface area contributed by atoms with Gasteiger partial charge in [0, 0.05) is 11.6 Å². The molecule has 0 saturated heterocycles. The molecule has 3 nitrogen and oxygen atoms in total. The lowest BCUT2D eigenvalue weighted by Crippen LogP contribution is -1.98. The van der Waals surface area contributed by atoms with Crippen LogP contribution in [0.2, 0.25) is 0 Å². The lowest BCUT2D eigenvalue weighted by molar-refractivity contribution is -0.131. The zero-order chi connectivity index (χ0) is 13.1. The normalized spacial score (nSPS) is 10.9. The number of hydrogen-bond acceptors (Lipinski definition) is 2. The summed E-state index contributed by atoms with van der Waals surface area (Å²) in [6, 6.07) is 11.2. The van der Waals surface area contributed by atoms with E-state index in [-0.39, 0.29) is 5.78 Å². The van der Waals surface area contributed by atoms with E-state index < -0.39 is 5.97 Å². The van der Waals surface area contributed by atoms with Crippen LogP contribution in [0, 0.1) is 6.92 Å². The van der Waals surface area contributed by atoms with E-state index in [4.69, 9.17) is 5.11 Å². The van der Waals surface area contributed by atoms with Gasteiger partial charge in [0.05, 0.1) is 0 Å². The first-order valence-electron chi connectivity index (χ1n) is 5.53. The average molecular weight is 240 g/mol. The van der Waals surface area contributed by atoms with Crippen LogP contribution >= 0.6 is 0 Å². The number of carbonyl (C=O) groups is 2. The maximum absolute atomic E-state index is 11.9. The minimum atomic E-state index is -1.13. The highest BCUT2D eigenvalue weighted by molar-refractivity contribution is 6.15. The van der Waals surface area contributed by atoms with Crippen molar-refractivity contribution in [1.82, 2.24) is 0 Å². The van der Waals surface area contributed by atoms with Crippen LogP contribution in [0.15, 0.2) is 48.6 Å². The molecule has 0 spiro atoms. The number of rotatable bonds is 3. The van der Waals surface area contributed by atoms with Crippen LogP contribution in [-0.4, -0.2) is 16.9 Å². The monoisotopic (exact) mass is 240 g/mol. The second-order valence-corrected chi connectivity index (χ2v) is 4.01.